The maximum absolute atomic E-state index is 15.3. The van der Waals surface area contributed by atoms with Gasteiger partial charge in [0.05, 0.1) is 17.4 Å². The molecule has 2 atom stereocenters. The minimum atomic E-state index is -0.864. The molecule has 0 saturated heterocycles. The molecule has 1 amide bonds. The highest BCUT2D eigenvalue weighted by molar-refractivity contribution is 6.30. The summed E-state index contributed by atoms with van der Waals surface area (Å²) in [6.07, 6.45) is 6.98. The van der Waals surface area contributed by atoms with Crippen LogP contribution in [0.4, 0.5) is 10.1 Å². The molecule has 1 saturated carbocycles. The first-order valence-electron chi connectivity index (χ1n) is 12.3. The summed E-state index contributed by atoms with van der Waals surface area (Å²) in [6, 6.07) is 12.2. The number of carboxylic acid groups (broad SMARTS) is 1. The van der Waals surface area contributed by atoms with E-state index in [4.69, 9.17) is 11.6 Å². The maximum Gasteiger partial charge on any atom is 0.303 e. The number of nitrogens with one attached hydrogen (secondary N) is 1. The molecule has 5 nitrogen and oxygen atoms in total. The molecule has 1 aliphatic carbocycles. The lowest BCUT2D eigenvalue weighted by Gasteiger charge is -2.25. The number of pyridine rings is 1. The largest absolute Gasteiger partial charge is 0.481 e. The van der Waals surface area contributed by atoms with Crippen LogP contribution in [0.25, 0.3) is 11.1 Å². The molecule has 7 heteroatoms. The Kier molecular flexibility index (Phi) is 8.04. The molecule has 1 aromatic heterocycles. The van der Waals surface area contributed by atoms with Crippen molar-refractivity contribution in [2.45, 2.75) is 57.8 Å². The monoisotopic (exact) mass is 508 g/mol. The average molecular weight is 509 g/mol. The number of anilines is 1. The first-order chi connectivity index (χ1) is 17.2. The summed E-state index contributed by atoms with van der Waals surface area (Å²) in [5.74, 6) is -2.02. The van der Waals surface area contributed by atoms with Crippen molar-refractivity contribution in [2.24, 2.45) is 5.92 Å². The fraction of sp³-hybridized carbons (Fsp3) is 0.345. The van der Waals surface area contributed by atoms with Crippen LogP contribution in [0.5, 0.6) is 0 Å². The maximum atomic E-state index is 15.3. The highest BCUT2D eigenvalue weighted by Gasteiger charge is 2.33. The Morgan fingerprint density at radius 1 is 1.17 bits per heavy atom. The van der Waals surface area contributed by atoms with Crippen LogP contribution in [0.2, 0.25) is 5.02 Å². The number of aromatic nitrogens is 1. The minimum Gasteiger partial charge on any atom is -0.481 e. The van der Waals surface area contributed by atoms with E-state index in [0.717, 1.165) is 36.8 Å². The van der Waals surface area contributed by atoms with Gasteiger partial charge >= 0.3 is 5.97 Å². The van der Waals surface area contributed by atoms with Crippen molar-refractivity contribution in [3.63, 3.8) is 0 Å². The van der Waals surface area contributed by atoms with Crippen molar-refractivity contribution >= 4 is 29.2 Å². The van der Waals surface area contributed by atoms with Crippen LogP contribution in [0.15, 0.2) is 54.9 Å². The Morgan fingerprint density at radius 2 is 1.92 bits per heavy atom. The Balaban J connectivity index is 1.64. The highest BCUT2D eigenvalue weighted by atomic mass is 35.5. The van der Waals surface area contributed by atoms with Crippen LogP contribution in [-0.2, 0) is 9.59 Å². The molecule has 1 aliphatic rings. The van der Waals surface area contributed by atoms with Gasteiger partial charge in [0, 0.05) is 29.2 Å². The quantitative estimate of drug-likeness (QED) is 0.333. The predicted octanol–water partition coefficient (Wildman–Crippen LogP) is 7.34. The van der Waals surface area contributed by atoms with Crippen LogP contribution in [-0.4, -0.2) is 22.0 Å². The highest BCUT2D eigenvalue weighted by Crippen LogP contribution is 2.40. The zero-order valence-corrected chi connectivity index (χ0v) is 21.2. The fourth-order valence-corrected chi connectivity index (χ4v) is 5.53. The van der Waals surface area contributed by atoms with Gasteiger partial charge in [0.2, 0.25) is 5.91 Å². The third kappa shape index (κ3) is 5.76. The Hall–Kier alpha value is -3.25. The molecule has 0 spiro atoms. The summed E-state index contributed by atoms with van der Waals surface area (Å²) in [6.45, 7) is 3.75. The first kappa shape index (κ1) is 25.8. The second kappa shape index (κ2) is 11.2. The van der Waals surface area contributed by atoms with Crippen LogP contribution in [0.3, 0.4) is 0 Å². The van der Waals surface area contributed by atoms with E-state index in [1.807, 2.05) is 38.1 Å². The first-order valence-corrected chi connectivity index (χ1v) is 12.6. The van der Waals surface area contributed by atoms with Gasteiger partial charge in [-0.1, -0.05) is 55.6 Å². The van der Waals surface area contributed by atoms with Crippen molar-refractivity contribution in [3.8, 4) is 11.1 Å². The molecule has 1 fully saturated rings. The average Bonchev–Trinajstić information content (AvgIpc) is 3.34. The van der Waals surface area contributed by atoms with Gasteiger partial charge in [0.25, 0.3) is 0 Å². The summed E-state index contributed by atoms with van der Waals surface area (Å²) < 4.78 is 15.3. The summed E-state index contributed by atoms with van der Waals surface area (Å²) in [7, 11) is 0. The van der Waals surface area contributed by atoms with Crippen LogP contribution in [0, 0.1) is 18.7 Å². The number of hydrogen-bond acceptors (Lipinski definition) is 3. The van der Waals surface area contributed by atoms with Crippen molar-refractivity contribution in [1.29, 1.82) is 0 Å². The van der Waals surface area contributed by atoms with Gasteiger partial charge in [0.1, 0.15) is 5.82 Å². The number of carbonyl (C=O) groups excluding carboxylic acids is 1. The number of rotatable bonds is 8. The lowest BCUT2D eigenvalue weighted by atomic mass is 9.83. The van der Waals surface area contributed by atoms with Crippen LogP contribution < -0.4 is 5.32 Å². The van der Waals surface area contributed by atoms with E-state index in [1.165, 1.54) is 12.3 Å². The summed E-state index contributed by atoms with van der Waals surface area (Å²) in [5.41, 5.74) is 3.99. The number of nitrogens with zero attached hydrogens (tertiary/aromatic N) is 1. The molecule has 0 aliphatic heterocycles. The molecule has 4 rings (SSSR count). The molecular weight excluding hydrogens is 479 g/mol. The molecular formula is C29H30ClFN2O3. The van der Waals surface area contributed by atoms with Gasteiger partial charge in [-0.3, -0.25) is 14.6 Å². The Labute approximate surface area is 215 Å². The van der Waals surface area contributed by atoms with Gasteiger partial charge in [-0.2, -0.15) is 0 Å². The second-order valence-corrected chi connectivity index (χ2v) is 10.1. The number of carboxylic acids is 1. The van der Waals surface area contributed by atoms with Gasteiger partial charge in [-0.05, 0) is 66.5 Å². The second-order valence-electron chi connectivity index (χ2n) is 9.66. The standard InChI is InChI=1S/C29H30ClFN2O3/c1-17(12-27(34)35)23-8-5-9-26(18(23)2)33-29(36)28(19-6-3-4-7-19)20-10-11-24(25(31)14-20)21-13-22(30)16-32-15-21/h5,8-11,13-17,19,28H,3-4,6-7,12H2,1-2H3,(H,33,36)(H,34,35)/t17-,28+/m0/s1. The smallest absolute Gasteiger partial charge is 0.303 e. The Bertz CT molecular complexity index is 1270. The number of halogens is 2. The lowest BCUT2D eigenvalue weighted by Crippen LogP contribution is -2.27. The fourth-order valence-electron chi connectivity index (χ4n) is 5.35. The van der Waals surface area contributed by atoms with Crippen molar-refractivity contribution in [3.05, 3.63) is 82.4 Å². The molecule has 0 bridgehead atoms. The predicted molar refractivity (Wildman–Crippen MR) is 140 cm³/mol. The molecule has 0 radical (unpaired) electrons. The lowest BCUT2D eigenvalue weighted by molar-refractivity contribution is -0.137. The Morgan fingerprint density at radius 3 is 2.58 bits per heavy atom. The number of carbonyl (C=O) groups is 2. The van der Waals surface area contributed by atoms with E-state index >= 15 is 4.39 Å². The van der Waals surface area contributed by atoms with E-state index in [0.29, 0.717) is 27.4 Å². The van der Waals surface area contributed by atoms with E-state index in [1.54, 1.807) is 18.3 Å². The van der Waals surface area contributed by atoms with Gasteiger partial charge in [-0.15, -0.1) is 0 Å². The molecule has 1 heterocycles. The molecule has 2 N–H and O–H groups in total. The van der Waals surface area contributed by atoms with Gasteiger partial charge in [-0.25, -0.2) is 4.39 Å². The zero-order valence-electron chi connectivity index (χ0n) is 20.4. The van der Waals surface area contributed by atoms with E-state index in [-0.39, 0.29) is 24.2 Å². The third-order valence-electron chi connectivity index (χ3n) is 7.17. The SMILES string of the molecule is Cc1c(NC(=O)[C@@H](c2ccc(-c3cncc(Cl)c3)c(F)c2)C2CCCC2)cccc1[C@@H](C)CC(=O)O. The third-order valence-corrected chi connectivity index (χ3v) is 7.37. The van der Waals surface area contributed by atoms with Crippen molar-refractivity contribution < 1.29 is 19.1 Å². The van der Waals surface area contributed by atoms with E-state index in [9.17, 15) is 14.7 Å². The molecule has 2 aromatic carbocycles. The molecule has 188 valence electrons. The number of hydrogen-bond donors (Lipinski definition) is 2. The number of amides is 1. The normalized spacial score (nSPS) is 15.4. The van der Waals surface area contributed by atoms with E-state index in [2.05, 4.69) is 10.3 Å². The number of benzene rings is 2. The zero-order chi connectivity index (χ0) is 25.8. The molecule has 0 unspecified atom stereocenters. The van der Waals surface area contributed by atoms with Crippen LogP contribution in [0.1, 0.15) is 67.6 Å². The van der Waals surface area contributed by atoms with E-state index < -0.39 is 17.7 Å². The number of aliphatic carboxylic acids is 1. The molecule has 36 heavy (non-hydrogen) atoms. The van der Waals surface area contributed by atoms with Gasteiger partial charge in [0.15, 0.2) is 0 Å². The summed E-state index contributed by atoms with van der Waals surface area (Å²) in [4.78, 5) is 28.9. The van der Waals surface area contributed by atoms with Crippen molar-refractivity contribution in [1.82, 2.24) is 4.98 Å². The van der Waals surface area contributed by atoms with Crippen molar-refractivity contribution in [2.75, 3.05) is 5.32 Å². The van der Waals surface area contributed by atoms with Gasteiger partial charge < -0.3 is 10.4 Å². The molecule has 3 aromatic rings. The van der Waals surface area contributed by atoms with Crippen LogP contribution >= 0.6 is 11.6 Å². The summed E-state index contributed by atoms with van der Waals surface area (Å²) in [5, 5.41) is 12.7. The minimum absolute atomic E-state index is 0.0106. The summed E-state index contributed by atoms with van der Waals surface area (Å²) >= 11 is 6.03. The topological polar surface area (TPSA) is 79.3 Å².